The Morgan fingerprint density at radius 3 is 2.19 bits per heavy atom. The van der Waals surface area contributed by atoms with Gasteiger partial charge in [-0.05, 0) is 103 Å². The van der Waals surface area contributed by atoms with Crippen molar-refractivity contribution >= 4 is 23.2 Å². The Morgan fingerprint density at radius 1 is 0.929 bits per heavy atom. The van der Waals surface area contributed by atoms with Crippen LogP contribution in [0.15, 0.2) is 23.3 Å². The van der Waals surface area contributed by atoms with Gasteiger partial charge >= 0.3 is 0 Å². The Bertz CT molecular complexity index is 1280. The summed E-state index contributed by atoms with van der Waals surface area (Å²) in [4.78, 5) is 13.7. The van der Waals surface area contributed by atoms with Gasteiger partial charge in [0.15, 0.2) is 11.6 Å². The van der Waals surface area contributed by atoms with Crippen LogP contribution in [0.25, 0.3) is 0 Å². The summed E-state index contributed by atoms with van der Waals surface area (Å²) in [6.45, 7) is 7.44. The lowest BCUT2D eigenvalue weighted by atomic mass is 9.77. The normalized spacial score (nSPS) is 27.8. The molecule has 10 heteroatoms. The van der Waals surface area contributed by atoms with Gasteiger partial charge in [0.25, 0.3) is 0 Å². The van der Waals surface area contributed by atoms with Crippen LogP contribution in [-0.4, -0.2) is 43.3 Å². The Morgan fingerprint density at radius 2 is 1.57 bits per heavy atom. The summed E-state index contributed by atoms with van der Waals surface area (Å²) in [7, 11) is 0. The highest BCUT2D eigenvalue weighted by atomic mass is 19.1. The first kappa shape index (κ1) is 30.7. The first-order valence-electron chi connectivity index (χ1n) is 15.3. The summed E-state index contributed by atoms with van der Waals surface area (Å²) in [6.07, 6.45) is 10.2. The van der Waals surface area contributed by atoms with E-state index in [9.17, 15) is 23.4 Å². The van der Waals surface area contributed by atoms with Gasteiger partial charge in [0.2, 0.25) is 5.95 Å². The van der Waals surface area contributed by atoms with E-state index in [1.165, 1.54) is 0 Å². The molecule has 1 aromatic carbocycles. The van der Waals surface area contributed by atoms with Crippen LogP contribution in [0, 0.1) is 41.1 Å². The summed E-state index contributed by atoms with van der Waals surface area (Å²) in [5, 5.41) is 27.7. The number of nitrogens with one attached hydrogen (secondary N) is 2. The first-order valence-corrected chi connectivity index (χ1v) is 15.3. The number of rotatable bonds is 7. The minimum Gasteiger partial charge on any atom is -0.390 e. The topological polar surface area (TPSA) is 103 Å². The maximum Gasteiger partial charge on any atom is 0.223 e. The summed E-state index contributed by atoms with van der Waals surface area (Å²) in [5.74, 6) is -1.47. The molecule has 3 aliphatic rings. The van der Waals surface area contributed by atoms with E-state index in [1.807, 2.05) is 27.7 Å². The van der Waals surface area contributed by atoms with Crippen LogP contribution in [0.4, 0.5) is 30.5 Å². The van der Waals surface area contributed by atoms with Crippen molar-refractivity contribution in [3.63, 3.8) is 0 Å². The number of hydrogen-bond donors (Lipinski definition) is 4. The quantitative estimate of drug-likeness (QED) is 0.281. The standard InChI is InChI=1S/C32H44F3N5O2/c1-31(2,41)20-8-10-23(11-9-20)37-30-36-17-27-26(39-30)12-6-19(13-18-5-7-21(14-18)32(3,4)42)29(38-27)40-28-24(34)15-22(33)16-25(28)35/h15-21,23,41-42H,5-14H2,1-4H3,(H,38,40)(H,36,37,39)/t18-,19?,20?,21-,23?/m0/s1. The smallest absolute Gasteiger partial charge is 0.223 e. The van der Waals surface area contributed by atoms with Gasteiger partial charge in [0.1, 0.15) is 17.3 Å². The second kappa shape index (κ2) is 12.1. The molecule has 2 heterocycles. The van der Waals surface area contributed by atoms with E-state index in [1.54, 1.807) is 6.20 Å². The lowest BCUT2D eigenvalue weighted by Crippen LogP contribution is -2.37. The Labute approximate surface area is 246 Å². The van der Waals surface area contributed by atoms with Crippen LogP contribution >= 0.6 is 0 Å². The monoisotopic (exact) mass is 587 g/mol. The van der Waals surface area contributed by atoms with Gasteiger partial charge in [0, 0.05) is 24.1 Å². The van der Waals surface area contributed by atoms with E-state index in [4.69, 9.17) is 4.98 Å². The molecule has 4 N–H and O–H groups in total. The number of benzene rings is 1. The molecular weight excluding hydrogens is 543 g/mol. The number of aliphatic imine (C=N–C) groups is 1. The van der Waals surface area contributed by atoms with Gasteiger partial charge in [-0.25, -0.2) is 28.1 Å². The maximum atomic E-state index is 14.7. The van der Waals surface area contributed by atoms with E-state index in [2.05, 4.69) is 20.6 Å². The molecular formula is C32H44F3N5O2. The largest absolute Gasteiger partial charge is 0.390 e. The van der Waals surface area contributed by atoms with Crippen molar-refractivity contribution in [3.05, 3.63) is 41.5 Å². The number of fused-ring (bicyclic) bond motifs is 1. The van der Waals surface area contributed by atoms with E-state index in [0.29, 0.717) is 48.4 Å². The summed E-state index contributed by atoms with van der Waals surface area (Å²) in [6, 6.07) is 1.51. The Kier molecular flexibility index (Phi) is 8.86. The summed E-state index contributed by atoms with van der Waals surface area (Å²) < 4.78 is 42.9. The van der Waals surface area contributed by atoms with Crippen molar-refractivity contribution in [2.75, 3.05) is 10.6 Å². The Hall–Kier alpha value is -2.72. The molecule has 1 aliphatic heterocycles. The highest BCUT2D eigenvalue weighted by Crippen LogP contribution is 2.42. The molecule has 1 unspecified atom stereocenters. The molecule has 2 fully saturated rings. The summed E-state index contributed by atoms with van der Waals surface area (Å²) in [5.41, 5.74) is -0.518. The molecule has 2 aromatic rings. The number of aliphatic hydroxyl groups is 2. The van der Waals surface area contributed by atoms with E-state index >= 15 is 0 Å². The minimum atomic E-state index is -1.05. The molecule has 0 radical (unpaired) electrons. The number of aromatic nitrogens is 2. The third-order valence-corrected chi connectivity index (χ3v) is 9.68. The van der Waals surface area contributed by atoms with Gasteiger partial charge in [-0.2, -0.15) is 0 Å². The van der Waals surface area contributed by atoms with Crippen molar-refractivity contribution in [2.24, 2.45) is 28.7 Å². The van der Waals surface area contributed by atoms with Crippen molar-refractivity contribution in [1.29, 1.82) is 0 Å². The van der Waals surface area contributed by atoms with Crippen LogP contribution < -0.4 is 10.6 Å². The average Bonchev–Trinajstić information content (AvgIpc) is 3.31. The molecule has 3 atom stereocenters. The third kappa shape index (κ3) is 7.25. The van der Waals surface area contributed by atoms with Crippen molar-refractivity contribution in [1.82, 2.24) is 9.97 Å². The molecule has 5 rings (SSSR count). The maximum absolute atomic E-state index is 14.7. The van der Waals surface area contributed by atoms with Crippen molar-refractivity contribution in [3.8, 4) is 0 Å². The SMILES string of the molecule is CC(C)(O)C1CCC(Nc2ncc3c(n2)CCC(C[C@@H]2CC[C@H](C(C)(C)O)C2)C(=Nc2c(F)cc(F)cc2F)N3)CC1. The highest BCUT2D eigenvalue weighted by molar-refractivity contribution is 5.99. The second-order valence-electron chi connectivity index (χ2n) is 13.7. The number of aryl methyl sites for hydroxylation is 1. The fourth-order valence-corrected chi connectivity index (χ4v) is 7.04. The van der Waals surface area contributed by atoms with Gasteiger partial charge in [-0.1, -0.05) is 6.42 Å². The molecule has 2 aliphatic carbocycles. The van der Waals surface area contributed by atoms with Gasteiger partial charge in [-0.3, -0.25) is 0 Å². The number of halogens is 3. The highest BCUT2D eigenvalue weighted by Gasteiger charge is 2.37. The van der Waals surface area contributed by atoms with E-state index in [-0.39, 0.29) is 23.8 Å². The molecule has 0 saturated heterocycles. The van der Waals surface area contributed by atoms with Crippen LogP contribution in [0.5, 0.6) is 0 Å². The van der Waals surface area contributed by atoms with Crippen LogP contribution in [0.2, 0.25) is 0 Å². The number of amidine groups is 1. The lowest BCUT2D eigenvalue weighted by Gasteiger charge is -2.36. The van der Waals surface area contributed by atoms with Crippen LogP contribution in [-0.2, 0) is 6.42 Å². The zero-order valence-electron chi connectivity index (χ0n) is 25.1. The molecule has 7 nitrogen and oxygen atoms in total. The molecule has 230 valence electrons. The van der Waals surface area contributed by atoms with E-state index < -0.39 is 34.3 Å². The van der Waals surface area contributed by atoms with Gasteiger partial charge in [0.05, 0.1) is 28.8 Å². The molecule has 2 saturated carbocycles. The average molecular weight is 588 g/mol. The summed E-state index contributed by atoms with van der Waals surface area (Å²) >= 11 is 0. The third-order valence-electron chi connectivity index (χ3n) is 9.68. The zero-order chi connectivity index (χ0) is 30.2. The van der Waals surface area contributed by atoms with Crippen molar-refractivity contribution in [2.45, 2.75) is 109 Å². The predicted molar refractivity (Wildman–Crippen MR) is 158 cm³/mol. The lowest BCUT2D eigenvalue weighted by molar-refractivity contribution is -0.000427. The molecule has 1 aromatic heterocycles. The van der Waals surface area contributed by atoms with E-state index in [0.717, 1.165) is 57.1 Å². The van der Waals surface area contributed by atoms with Gasteiger partial charge < -0.3 is 20.8 Å². The molecule has 0 amide bonds. The van der Waals surface area contributed by atoms with Crippen LogP contribution in [0.1, 0.15) is 91.2 Å². The molecule has 0 spiro atoms. The molecule has 42 heavy (non-hydrogen) atoms. The zero-order valence-corrected chi connectivity index (χ0v) is 25.1. The van der Waals surface area contributed by atoms with Crippen LogP contribution in [0.3, 0.4) is 0 Å². The second-order valence-corrected chi connectivity index (χ2v) is 13.7. The fraction of sp³-hybridized carbons (Fsp3) is 0.656. The minimum absolute atomic E-state index is 0.137. The number of nitrogens with zero attached hydrogens (tertiary/aromatic N) is 3. The number of hydrogen-bond acceptors (Lipinski definition) is 6. The fourth-order valence-electron chi connectivity index (χ4n) is 7.04. The first-order chi connectivity index (χ1) is 19.8. The number of anilines is 2. The molecule has 0 bridgehead atoms. The Balaban J connectivity index is 1.36. The van der Waals surface area contributed by atoms with Crippen molar-refractivity contribution < 1.29 is 23.4 Å². The predicted octanol–water partition coefficient (Wildman–Crippen LogP) is 6.92. The van der Waals surface area contributed by atoms with Gasteiger partial charge in [-0.15, -0.1) is 0 Å².